The normalized spacial score (nSPS) is 10.9. The molecule has 1 N–H and O–H groups in total. The van der Waals surface area contributed by atoms with Gasteiger partial charge in [-0.1, -0.05) is 30.3 Å². The van der Waals surface area contributed by atoms with Crippen LogP contribution in [0.5, 0.6) is 5.75 Å². The molecule has 0 atom stereocenters. The number of hydrogen-bond donors (Lipinski definition) is 1. The van der Waals surface area contributed by atoms with Crippen LogP contribution in [0.1, 0.15) is 27.7 Å². The predicted molar refractivity (Wildman–Crippen MR) is 145 cm³/mol. The molecule has 9 nitrogen and oxygen atoms in total. The van der Waals surface area contributed by atoms with Gasteiger partial charge in [-0.05, 0) is 49.2 Å². The molecule has 0 unspecified atom stereocenters. The zero-order chi connectivity index (χ0) is 26.7. The zero-order valence-electron chi connectivity index (χ0n) is 21.1. The van der Waals surface area contributed by atoms with E-state index >= 15 is 0 Å². The van der Waals surface area contributed by atoms with Crippen LogP contribution >= 0.6 is 11.3 Å². The molecule has 10 heteroatoms. The third kappa shape index (κ3) is 5.34. The lowest BCUT2D eigenvalue weighted by Crippen LogP contribution is -2.41. The molecule has 2 heterocycles. The van der Waals surface area contributed by atoms with Crippen LogP contribution in [0.25, 0.3) is 10.2 Å². The minimum Gasteiger partial charge on any atom is -0.494 e. The van der Waals surface area contributed by atoms with Gasteiger partial charge in [0.1, 0.15) is 17.1 Å². The van der Waals surface area contributed by atoms with Gasteiger partial charge < -0.3 is 15.0 Å². The van der Waals surface area contributed by atoms with E-state index < -0.39 is 17.2 Å². The van der Waals surface area contributed by atoms with Gasteiger partial charge in [-0.3, -0.25) is 23.5 Å². The van der Waals surface area contributed by atoms with Crippen molar-refractivity contribution < 1.29 is 14.3 Å². The molecule has 37 heavy (non-hydrogen) atoms. The maximum Gasteiger partial charge on any atom is 0.332 e. The summed E-state index contributed by atoms with van der Waals surface area (Å²) in [5, 5.41) is 3.05. The number of rotatable bonds is 8. The van der Waals surface area contributed by atoms with Gasteiger partial charge in [0.05, 0.1) is 23.4 Å². The van der Waals surface area contributed by atoms with Gasteiger partial charge in [-0.25, -0.2) is 4.79 Å². The van der Waals surface area contributed by atoms with E-state index in [-0.39, 0.29) is 24.4 Å². The lowest BCUT2D eigenvalue weighted by molar-refractivity contribution is -0.116. The number of fused-ring (bicyclic) bond motifs is 1. The Morgan fingerprint density at radius 1 is 1.00 bits per heavy atom. The molecule has 4 aromatic rings. The molecule has 0 saturated carbocycles. The van der Waals surface area contributed by atoms with Gasteiger partial charge >= 0.3 is 5.69 Å². The molecule has 192 valence electrons. The topological polar surface area (TPSA) is 103 Å². The Labute approximate surface area is 217 Å². The molecule has 0 radical (unpaired) electrons. The van der Waals surface area contributed by atoms with Gasteiger partial charge in [-0.15, -0.1) is 11.3 Å². The van der Waals surface area contributed by atoms with E-state index in [4.69, 9.17) is 4.74 Å². The summed E-state index contributed by atoms with van der Waals surface area (Å²) in [6, 6.07) is 16.0. The van der Waals surface area contributed by atoms with Gasteiger partial charge in [0, 0.05) is 19.8 Å². The van der Waals surface area contributed by atoms with Crippen LogP contribution in [-0.2, 0) is 17.9 Å². The number of anilines is 1. The van der Waals surface area contributed by atoms with Crippen molar-refractivity contribution in [2.24, 2.45) is 0 Å². The van der Waals surface area contributed by atoms with Crippen LogP contribution < -0.4 is 21.3 Å². The van der Waals surface area contributed by atoms with Crippen molar-refractivity contribution in [3.63, 3.8) is 0 Å². The molecule has 0 aliphatic rings. The largest absolute Gasteiger partial charge is 0.494 e. The fourth-order valence-corrected chi connectivity index (χ4v) is 5.31. The minimum absolute atomic E-state index is 0.0429. The Kier molecular flexibility index (Phi) is 7.58. The van der Waals surface area contributed by atoms with Crippen molar-refractivity contribution >= 4 is 39.1 Å². The standard InChI is InChI=1S/C27H28N4O5S/c1-5-36-20-13-11-19(12-14-20)28-21(32)16-31-26-22(17(2)23(37-26)25(34)29(3)4)24(33)30(27(31)35)15-18-9-7-6-8-10-18/h6-14H,5,15-16H2,1-4H3,(H,28,32). The molecule has 2 amide bonds. The average Bonchev–Trinajstić information content (AvgIpc) is 3.22. The van der Waals surface area contributed by atoms with Crippen LogP contribution in [0.3, 0.4) is 0 Å². The molecule has 2 aromatic carbocycles. The second-order valence-corrected chi connectivity index (χ2v) is 9.69. The Morgan fingerprint density at radius 2 is 1.68 bits per heavy atom. The molecule has 0 aliphatic heterocycles. The van der Waals surface area contributed by atoms with E-state index in [2.05, 4.69) is 5.32 Å². The number of hydrogen-bond acceptors (Lipinski definition) is 6. The second-order valence-electron chi connectivity index (χ2n) is 8.69. The van der Waals surface area contributed by atoms with Crippen molar-refractivity contribution in [2.75, 3.05) is 26.0 Å². The first-order chi connectivity index (χ1) is 17.7. The van der Waals surface area contributed by atoms with E-state index in [1.165, 1.54) is 9.47 Å². The van der Waals surface area contributed by atoms with Crippen LogP contribution in [0.4, 0.5) is 5.69 Å². The minimum atomic E-state index is -0.617. The number of thiophene rings is 1. The van der Waals surface area contributed by atoms with Crippen molar-refractivity contribution in [3.05, 3.63) is 91.4 Å². The van der Waals surface area contributed by atoms with Crippen molar-refractivity contribution in [1.29, 1.82) is 0 Å². The van der Waals surface area contributed by atoms with Crippen LogP contribution in [0, 0.1) is 6.92 Å². The SMILES string of the molecule is CCOc1ccc(NC(=O)Cn2c(=O)n(Cc3ccccc3)c(=O)c3c(C)c(C(=O)N(C)C)sc32)cc1. The van der Waals surface area contributed by atoms with Crippen LogP contribution in [0.2, 0.25) is 0 Å². The average molecular weight is 521 g/mol. The third-order valence-corrected chi connectivity index (χ3v) is 7.13. The number of ether oxygens (including phenoxy) is 1. The molecule has 0 aliphatic carbocycles. The maximum absolute atomic E-state index is 13.6. The highest BCUT2D eigenvalue weighted by molar-refractivity contribution is 7.20. The summed E-state index contributed by atoms with van der Waals surface area (Å²) >= 11 is 1.05. The third-order valence-electron chi connectivity index (χ3n) is 5.83. The monoisotopic (exact) mass is 520 g/mol. The van der Waals surface area contributed by atoms with Crippen molar-refractivity contribution in [1.82, 2.24) is 14.0 Å². The molecular weight excluding hydrogens is 492 g/mol. The molecule has 0 fully saturated rings. The van der Waals surface area contributed by atoms with Gasteiger partial charge in [-0.2, -0.15) is 0 Å². The molecule has 0 spiro atoms. The number of benzene rings is 2. The van der Waals surface area contributed by atoms with E-state index in [0.717, 1.165) is 21.5 Å². The van der Waals surface area contributed by atoms with E-state index in [1.807, 2.05) is 37.3 Å². The first-order valence-electron chi connectivity index (χ1n) is 11.8. The summed E-state index contributed by atoms with van der Waals surface area (Å²) in [6.07, 6.45) is 0. The fourth-order valence-electron chi connectivity index (χ4n) is 3.99. The fraction of sp³-hybridized carbons (Fsp3) is 0.259. The Morgan fingerprint density at radius 3 is 2.30 bits per heavy atom. The summed E-state index contributed by atoms with van der Waals surface area (Å²) in [4.78, 5) is 55.0. The summed E-state index contributed by atoms with van der Waals surface area (Å²) in [5.41, 5.74) is 0.697. The maximum atomic E-state index is 13.6. The van der Waals surface area contributed by atoms with Gasteiger partial charge in [0.15, 0.2) is 0 Å². The summed E-state index contributed by atoms with van der Waals surface area (Å²) in [6.45, 7) is 3.82. The highest BCUT2D eigenvalue weighted by atomic mass is 32.1. The first kappa shape index (κ1) is 25.9. The Bertz CT molecular complexity index is 1570. The van der Waals surface area contributed by atoms with E-state index in [1.54, 1.807) is 45.3 Å². The first-order valence-corrected chi connectivity index (χ1v) is 12.6. The lowest BCUT2D eigenvalue weighted by Gasteiger charge is -2.13. The second kappa shape index (κ2) is 10.8. The van der Waals surface area contributed by atoms with Gasteiger partial charge in [0.25, 0.3) is 11.5 Å². The number of carbonyl (C=O) groups is 2. The summed E-state index contributed by atoms with van der Waals surface area (Å²) in [5.74, 6) is -0.0341. The number of nitrogens with one attached hydrogen (secondary N) is 1. The van der Waals surface area contributed by atoms with Crippen LogP contribution in [0.15, 0.2) is 64.2 Å². The number of nitrogens with zero attached hydrogens (tertiary/aromatic N) is 3. The highest BCUT2D eigenvalue weighted by Crippen LogP contribution is 2.29. The van der Waals surface area contributed by atoms with Gasteiger partial charge in [0.2, 0.25) is 5.91 Å². The Balaban J connectivity index is 1.79. The van der Waals surface area contributed by atoms with E-state index in [0.29, 0.717) is 33.3 Å². The molecule has 4 rings (SSSR count). The number of carbonyl (C=O) groups excluding carboxylic acids is 2. The predicted octanol–water partition coefficient (Wildman–Crippen LogP) is 3.32. The van der Waals surface area contributed by atoms with Crippen molar-refractivity contribution in [3.8, 4) is 5.75 Å². The molecule has 2 aromatic heterocycles. The molecule has 0 bridgehead atoms. The number of aromatic nitrogens is 2. The summed E-state index contributed by atoms with van der Waals surface area (Å²) < 4.78 is 7.82. The lowest BCUT2D eigenvalue weighted by atomic mass is 10.2. The van der Waals surface area contributed by atoms with E-state index in [9.17, 15) is 19.2 Å². The number of amides is 2. The Hall–Kier alpha value is -4.18. The molecular formula is C27H28N4O5S. The van der Waals surface area contributed by atoms with Crippen LogP contribution in [-0.4, -0.2) is 46.6 Å². The quantitative estimate of drug-likeness (QED) is 0.384. The highest BCUT2D eigenvalue weighted by Gasteiger charge is 2.25. The smallest absolute Gasteiger partial charge is 0.332 e. The zero-order valence-corrected chi connectivity index (χ0v) is 21.9. The molecule has 0 saturated heterocycles. The van der Waals surface area contributed by atoms with Crippen molar-refractivity contribution in [2.45, 2.75) is 26.9 Å². The number of aryl methyl sites for hydroxylation is 1. The summed E-state index contributed by atoms with van der Waals surface area (Å²) in [7, 11) is 3.24.